The highest BCUT2D eigenvalue weighted by Gasteiger charge is 2.55. The van der Waals surface area contributed by atoms with Crippen molar-refractivity contribution in [2.75, 3.05) is 6.61 Å². The summed E-state index contributed by atoms with van der Waals surface area (Å²) in [5.41, 5.74) is 1.02. The van der Waals surface area contributed by atoms with Crippen LogP contribution in [0.1, 0.15) is 35.6 Å². The van der Waals surface area contributed by atoms with E-state index in [1.54, 1.807) is 0 Å². The van der Waals surface area contributed by atoms with Crippen molar-refractivity contribution in [3.8, 4) is 5.75 Å². The van der Waals surface area contributed by atoms with Crippen molar-refractivity contribution in [3.05, 3.63) is 44.4 Å². The first-order valence-corrected chi connectivity index (χ1v) is 10.6. The fourth-order valence-corrected chi connectivity index (χ4v) is 8.09. The van der Waals surface area contributed by atoms with Gasteiger partial charge in [-0.1, -0.05) is 29.5 Å². The van der Waals surface area contributed by atoms with E-state index >= 15 is 0 Å². The molecule has 2 fully saturated rings. The van der Waals surface area contributed by atoms with E-state index in [9.17, 15) is 9.59 Å². The number of aromatic amines is 1. The first-order chi connectivity index (χ1) is 12.6. The van der Waals surface area contributed by atoms with E-state index in [4.69, 9.17) is 9.84 Å². The summed E-state index contributed by atoms with van der Waals surface area (Å²) >= 11 is 3.15. The second kappa shape index (κ2) is 6.16. The Morgan fingerprint density at radius 3 is 2.92 bits per heavy atom. The highest BCUT2D eigenvalue weighted by molar-refractivity contribution is 8.00. The third kappa shape index (κ3) is 2.52. The summed E-state index contributed by atoms with van der Waals surface area (Å²) in [6, 6.07) is 7.73. The van der Waals surface area contributed by atoms with Gasteiger partial charge in [-0.25, -0.2) is 4.79 Å². The zero-order valence-electron chi connectivity index (χ0n) is 14.0. The molecule has 0 amide bonds. The Kier molecular flexibility index (Phi) is 3.90. The van der Waals surface area contributed by atoms with E-state index in [0.717, 1.165) is 21.4 Å². The fourth-order valence-electron chi connectivity index (χ4n) is 5.21. The van der Waals surface area contributed by atoms with Gasteiger partial charge in [0.25, 0.3) is 0 Å². The molecule has 0 radical (unpaired) electrons. The maximum absolute atomic E-state index is 12.1. The predicted molar refractivity (Wildman–Crippen MR) is 100 cm³/mol. The third-order valence-corrected chi connectivity index (χ3v) is 8.69. The number of aliphatic carboxylic acids is 1. The molecule has 2 bridgehead atoms. The van der Waals surface area contributed by atoms with E-state index in [1.807, 2.05) is 36.0 Å². The summed E-state index contributed by atoms with van der Waals surface area (Å²) in [4.78, 5) is 27.2. The number of thioether (sulfide) groups is 1. The fraction of sp³-hybridized carbons (Fsp3) is 0.474. The van der Waals surface area contributed by atoms with Crippen LogP contribution in [0, 0.1) is 17.8 Å². The van der Waals surface area contributed by atoms with Crippen molar-refractivity contribution < 1.29 is 14.6 Å². The third-order valence-electron chi connectivity index (χ3n) is 6.07. The molecule has 5 atom stereocenters. The van der Waals surface area contributed by atoms with Gasteiger partial charge in [0.2, 0.25) is 0 Å². The number of hydrogen-bond acceptors (Lipinski definition) is 5. The van der Waals surface area contributed by atoms with Crippen molar-refractivity contribution in [2.24, 2.45) is 17.8 Å². The predicted octanol–water partition coefficient (Wildman–Crippen LogP) is 3.55. The molecule has 1 aliphatic heterocycles. The van der Waals surface area contributed by atoms with Gasteiger partial charge >= 0.3 is 10.8 Å². The number of rotatable bonds is 4. The maximum Gasteiger partial charge on any atom is 0.341 e. The molecule has 2 aliphatic carbocycles. The molecule has 2 saturated carbocycles. The second-order valence-electron chi connectivity index (χ2n) is 7.40. The second-order valence-corrected chi connectivity index (χ2v) is 9.60. The Morgan fingerprint density at radius 2 is 2.08 bits per heavy atom. The molecule has 0 unspecified atom stereocenters. The van der Waals surface area contributed by atoms with E-state index in [-0.39, 0.29) is 17.4 Å². The van der Waals surface area contributed by atoms with Crippen LogP contribution in [0.4, 0.5) is 0 Å². The van der Waals surface area contributed by atoms with E-state index in [2.05, 4.69) is 4.98 Å². The molecule has 136 valence electrons. The van der Waals surface area contributed by atoms with Gasteiger partial charge in [0.05, 0.1) is 5.03 Å². The number of aromatic nitrogens is 1. The highest BCUT2D eigenvalue weighted by atomic mass is 32.2. The van der Waals surface area contributed by atoms with Gasteiger partial charge in [-0.2, -0.15) is 0 Å². The molecule has 7 heteroatoms. The number of benzene rings is 1. The van der Waals surface area contributed by atoms with Crippen molar-refractivity contribution >= 4 is 29.1 Å². The minimum atomic E-state index is -0.983. The molecular formula is C19H19NO4S2. The Bertz CT molecular complexity index is 920. The summed E-state index contributed by atoms with van der Waals surface area (Å²) in [6.07, 6.45) is 3.82. The lowest BCUT2D eigenvalue weighted by molar-refractivity contribution is -0.139. The summed E-state index contributed by atoms with van der Waals surface area (Å²) in [5.74, 6) is 1.65. The van der Waals surface area contributed by atoms with Crippen LogP contribution in [0.15, 0.2) is 34.1 Å². The van der Waals surface area contributed by atoms with Gasteiger partial charge in [-0.15, -0.1) is 11.8 Å². The Morgan fingerprint density at radius 1 is 1.27 bits per heavy atom. The Labute approximate surface area is 158 Å². The molecule has 2 heterocycles. The van der Waals surface area contributed by atoms with E-state index in [1.165, 1.54) is 30.6 Å². The molecule has 3 aliphatic rings. The van der Waals surface area contributed by atoms with Crippen LogP contribution in [0.25, 0.3) is 0 Å². The van der Waals surface area contributed by atoms with E-state index in [0.29, 0.717) is 22.8 Å². The van der Waals surface area contributed by atoms with Crippen molar-refractivity contribution in [3.63, 3.8) is 0 Å². The number of H-pyrrole nitrogens is 1. The number of thiazole rings is 1. The van der Waals surface area contributed by atoms with Gasteiger partial charge in [-0.05, 0) is 43.1 Å². The summed E-state index contributed by atoms with van der Waals surface area (Å²) in [7, 11) is 0. The van der Waals surface area contributed by atoms with Crippen LogP contribution in [0.2, 0.25) is 0 Å². The lowest BCUT2D eigenvalue weighted by atomic mass is 9.74. The largest absolute Gasteiger partial charge is 0.482 e. The Hall–Kier alpha value is -1.73. The molecule has 1 aromatic heterocycles. The zero-order chi connectivity index (χ0) is 17.8. The minimum absolute atomic E-state index is 0.0104. The summed E-state index contributed by atoms with van der Waals surface area (Å²) in [5, 5.41) is 10.5. The minimum Gasteiger partial charge on any atom is -0.482 e. The molecule has 2 N–H and O–H groups in total. The topological polar surface area (TPSA) is 79.4 Å². The molecule has 26 heavy (non-hydrogen) atoms. The van der Waals surface area contributed by atoms with E-state index < -0.39 is 5.97 Å². The smallest absolute Gasteiger partial charge is 0.341 e. The summed E-state index contributed by atoms with van der Waals surface area (Å²) < 4.78 is 5.61. The number of carbonyl (C=O) groups is 1. The van der Waals surface area contributed by atoms with Crippen LogP contribution < -0.4 is 9.61 Å². The van der Waals surface area contributed by atoms with Gasteiger partial charge in [0.1, 0.15) is 5.75 Å². The molecule has 0 spiro atoms. The van der Waals surface area contributed by atoms with Crippen molar-refractivity contribution in [1.29, 1.82) is 0 Å². The number of nitrogens with one attached hydrogen (secondary N) is 1. The lowest BCUT2D eigenvalue weighted by Crippen LogP contribution is -2.34. The first kappa shape index (κ1) is 16.4. The number of para-hydroxylation sites is 1. The van der Waals surface area contributed by atoms with Crippen LogP contribution in [0.5, 0.6) is 5.75 Å². The standard InChI is InChI=1S/C19H19NO4S2/c21-13(22)8-24-12-4-2-1-3-11(12)15-14-9-5-6-10(7-9)16(14)25-18-17(15)26-19(23)20-18/h1-4,9-10,14-16H,5-8H2,(H,20,23)(H,21,22)/t9-,10+,14-,15-,16-/m1/s1. The molecule has 1 aromatic carbocycles. The number of ether oxygens (including phenoxy) is 1. The van der Waals surface area contributed by atoms with Crippen molar-refractivity contribution in [2.45, 2.75) is 35.5 Å². The SMILES string of the molecule is O=C(O)COc1ccccc1[C@H]1c2sc(=O)[nH]c2S[C@@H]2[C@H]3CC[C@H](C3)[C@H]12. The van der Waals surface area contributed by atoms with Crippen LogP contribution in [-0.2, 0) is 4.79 Å². The van der Waals surface area contributed by atoms with Gasteiger partial charge < -0.3 is 14.8 Å². The molecule has 5 rings (SSSR count). The first-order valence-electron chi connectivity index (χ1n) is 8.95. The normalized spacial score (nSPS) is 31.5. The number of hydrogen-bond donors (Lipinski definition) is 2. The molecule has 0 saturated heterocycles. The van der Waals surface area contributed by atoms with Crippen LogP contribution in [0.3, 0.4) is 0 Å². The zero-order valence-corrected chi connectivity index (χ0v) is 15.6. The van der Waals surface area contributed by atoms with Gasteiger partial charge in [0, 0.05) is 21.6 Å². The van der Waals surface area contributed by atoms with Gasteiger partial charge in [0.15, 0.2) is 6.61 Å². The average Bonchev–Trinajstić information content (AvgIpc) is 3.32. The number of carboxylic acids is 1. The van der Waals surface area contributed by atoms with Gasteiger partial charge in [-0.3, -0.25) is 4.79 Å². The molecule has 5 nitrogen and oxygen atoms in total. The average molecular weight is 389 g/mol. The molecule has 2 aromatic rings. The number of carboxylic acid groups (broad SMARTS) is 1. The van der Waals surface area contributed by atoms with Crippen LogP contribution >= 0.6 is 23.1 Å². The number of fused-ring (bicyclic) bond motifs is 6. The monoisotopic (exact) mass is 389 g/mol. The Balaban J connectivity index is 1.62. The molecular weight excluding hydrogens is 370 g/mol. The lowest BCUT2D eigenvalue weighted by Gasteiger charge is -2.40. The highest BCUT2D eigenvalue weighted by Crippen LogP contribution is 2.64. The quantitative estimate of drug-likeness (QED) is 0.836. The summed E-state index contributed by atoms with van der Waals surface area (Å²) in [6.45, 7) is -0.352. The maximum atomic E-state index is 12.1. The van der Waals surface area contributed by atoms with Crippen molar-refractivity contribution in [1.82, 2.24) is 4.98 Å². The van der Waals surface area contributed by atoms with Crippen LogP contribution in [-0.4, -0.2) is 27.9 Å².